The van der Waals surface area contributed by atoms with E-state index in [0.29, 0.717) is 0 Å². The molecule has 0 aliphatic carbocycles. The van der Waals surface area contributed by atoms with Crippen LogP contribution >= 0.6 is 0 Å². The smallest absolute Gasteiger partial charge is 0.335 e. The summed E-state index contributed by atoms with van der Waals surface area (Å²) in [4.78, 5) is 23.7. The molecule has 12 nitrogen and oxygen atoms in total. The summed E-state index contributed by atoms with van der Waals surface area (Å²) in [5.74, 6) is -2.05. The van der Waals surface area contributed by atoms with E-state index in [1.807, 2.05) is 13.8 Å². The number of carboxylic acids is 1. The molecule has 0 aromatic carbocycles. The van der Waals surface area contributed by atoms with E-state index in [9.17, 15) is 35.1 Å². The van der Waals surface area contributed by atoms with Gasteiger partial charge in [-0.2, -0.15) is 0 Å². The van der Waals surface area contributed by atoms with E-state index in [0.717, 1.165) is 0 Å². The highest BCUT2D eigenvalue weighted by Crippen LogP contribution is 2.33. The molecular weight excluding hydrogens is 442 g/mol. The lowest BCUT2D eigenvalue weighted by molar-refractivity contribution is -0.337. The van der Waals surface area contributed by atoms with Crippen molar-refractivity contribution < 1.29 is 54.1 Å². The number of carboxylic acid groups (broad SMARTS) is 1. The standard InChI is InChI=1S/C21H37NO11/c1-8(2)15-11(22-9(3)24)16(12(25)10(7-23)30-15)31-20-14(27)13(26)17(33-21(4,5)6)18(32-20)19(28)29/h8,10-18,20,23,25-27H,7H2,1-6H3,(H,22,24)(H,28,29). The van der Waals surface area contributed by atoms with Crippen molar-refractivity contribution in [1.29, 1.82) is 0 Å². The highest BCUT2D eigenvalue weighted by Gasteiger charge is 2.54. The van der Waals surface area contributed by atoms with Crippen LogP contribution in [0.15, 0.2) is 0 Å². The molecule has 2 aliphatic heterocycles. The largest absolute Gasteiger partial charge is 0.479 e. The maximum absolute atomic E-state index is 11.8. The zero-order valence-electron chi connectivity index (χ0n) is 19.7. The van der Waals surface area contributed by atoms with Gasteiger partial charge in [0.15, 0.2) is 12.4 Å². The summed E-state index contributed by atoms with van der Waals surface area (Å²) >= 11 is 0. The van der Waals surface area contributed by atoms with Crippen molar-refractivity contribution in [3.63, 3.8) is 0 Å². The molecule has 1 amide bonds. The average Bonchev–Trinajstić information content (AvgIpc) is 2.68. The van der Waals surface area contributed by atoms with Crippen LogP contribution < -0.4 is 5.32 Å². The molecule has 2 saturated heterocycles. The second-order valence-electron chi connectivity index (χ2n) is 9.82. The quantitative estimate of drug-likeness (QED) is 0.246. The Morgan fingerprint density at radius 1 is 1.03 bits per heavy atom. The fraction of sp³-hybridized carbons (Fsp3) is 0.905. The minimum atomic E-state index is -1.73. The molecule has 12 heteroatoms. The molecule has 0 aromatic rings. The third-order valence-corrected chi connectivity index (χ3v) is 5.53. The molecule has 0 spiro atoms. The number of carbonyl (C=O) groups excluding carboxylic acids is 1. The van der Waals surface area contributed by atoms with E-state index >= 15 is 0 Å². The Hall–Kier alpha value is -1.38. The molecule has 2 fully saturated rings. The molecule has 0 bridgehead atoms. The number of hydrogen-bond donors (Lipinski definition) is 6. The molecule has 2 heterocycles. The van der Waals surface area contributed by atoms with Gasteiger partial charge in [0.05, 0.1) is 24.4 Å². The van der Waals surface area contributed by atoms with Gasteiger partial charge in [-0.3, -0.25) is 4.79 Å². The number of ether oxygens (including phenoxy) is 4. The van der Waals surface area contributed by atoms with Gasteiger partial charge in [0, 0.05) is 6.92 Å². The normalized spacial score (nSPS) is 40.0. The van der Waals surface area contributed by atoms with Crippen LogP contribution in [0.1, 0.15) is 41.5 Å². The third kappa shape index (κ3) is 6.61. The van der Waals surface area contributed by atoms with Crippen molar-refractivity contribution in [2.45, 2.75) is 108 Å². The highest BCUT2D eigenvalue weighted by atomic mass is 16.7. The molecule has 0 radical (unpaired) electrons. The molecule has 33 heavy (non-hydrogen) atoms. The Balaban J connectivity index is 2.35. The highest BCUT2D eigenvalue weighted by molar-refractivity contribution is 5.74. The minimum absolute atomic E-state index is 0.173. The Morgan fingerprint density at radius 3 is 2.09 bits per heavy atom. The van der Waals surface area contributed by atoms with Crippen LogP contribution in [0, 0.1) is 5.92 Å². The summed E-state index contributed by atoms with van der Waals surface area (Å²) in [6, 6.07) is -0.917. The van der Waals surface area contributed by atoms with Gasteiger partial charge in [0.2, 0.25) is 5.91 Å². The van der Waals surface area contributed by atoms with Gasteiger partial charge in [0.1, 0.15) is 36.6 Å². The summed E-state index contributed by atoms with van der Waals surface area (Å²) in [6.45, 7) is 9.32. The van der Waals surface area contributed by atoms with Crippen molar-refractivity contribution in [3.8, 4) is 0 Å². The zero-order chi connectivity index (χ0) is 25.2. The van der Waals surface area contributed by atoms with Gasteiger partial charge >= 0.3 is 5.97 Å². The van der Waals surface area contributed by atoms with Crippen LogP contribution in [-0.4, -0.2) is 111 Å². The van der Waals surface area contributed by atoms with Gasteiger partial charge in [-0.25, -0.2) is 4.79 Å². The molecule has 0 aromatic heterocycles. The first kappa shape index (κ1) is 27.9. The molecule has 2 aliphatic rings. The molecular formula is C21H37NO11. The van der Waals surface area contributed by atoms with Crippen molar-refractivity contribution in [3.05, 3.63) is 0 Å². The van der Waals surface area contributed by atoms with Gasteiger partial charge in [-0.05, 0) is 26.7 Å². The maximum Gasteiger partial charge on any atom is 0.335 e. The van der Waals surface area contributed by atoms with Crippen molar-refractivity contribution >= 4 is 11.9 Å². The van der Waals surface area contributed by atoms with E-state index < -0.39 is 85.2 Å². The predicted octanol–water partition coefficient (Wildman–Crippen LogP) is -1.63. The summed E-state index contributed by atoms with van der Waals surface area (Å²) in [5.41, 5.74) is -0.845. The molecule has 10 atom stereocenters. The summed E-state index contributed by atoms with van der Waals surface area (Å²) in [7, 11) is 0. The zero-order valence-corrected chi connectivity index (χ0v) is 19.7. The molecule has 0 saturated carbocycles. The van der Waals surface area contributed by atoms with Gasteiger partial charge in [-0.1, -0.05) is 13.8 Å². The lowest BCUT2D eigenvalue weighted by Crippen LogP contribution is -2.69. The Bertz CT molecular complexity index is 682. The first-order valence-corrected chi connectivity index (χ1v) is 11.0. The number of aliphatic hydroxyl groups excluding tert-OH is 4. The second-order valence-corrected chi connectivity index (χ2v) is 9.82. The van der Waals surface area contributed by atoms with Crippen molar-refractivity contribution in [1.82, 2.24) is 5.32 Å². The van der Waals surface area contributed by atoms with Crippen molar-refractivity contribution in [2.24, 2.45) is 5.92 Å². The third-order valence-electron chi connectivity index (χ3n) is 5.53. The lowest BCUT2D eigenvalue weighted by atomic mass is 9.87. The predicted molar refractivity (Wildman–Crippen MR) is 112 cm³/mol. The number of carbonyl (C=O) groups is 2. The van der Waals surface area contributed by atoms with E-state index in [-0.39, 0.29) is 5.92 Å². The first-order valence-electron chi connectivity index (χ1n) is 11.0. The van der Waals surface area contributed by atoms with Crippen molar-refractivity contribution in [2.75, 3.05) is 6.61 Å². The van der Waals surface area contributed by atoms with E-state index in [4.69, 9.17) is 18.9 Å². The van der Waals surface area contributed by atoms with Crippen LogP contribution in [0.25, 0.3) is 0 Å². The van der Waals surface area contributed by atoms with Gasteiger partial charge in [-0.15, -0.1) is 0 Å². The Kier molecular flexibility index (Phi) is 9.21. The van der Waals surface area contributed by atoms with E-state index in [1.54, 1.807) is 20.8 Å². The molecule has 6 N–H and O–H groups in total. The SMILES string of the molecule is CC(=O)NC1C(C(C)C)OC(CO)C(O)C1OC1OC(C(=O)O)C(OC(C)(C)C)C(O)C1O. The maximum atomic E-state index is 11.8. The topological polar surface area (TPSA) is 184 Å². The van der Waals surface area contributed by atoms with Crippen LogP contribution in [0.4, 0.5) is 0 Å². The number of aliphatic carboxylic acids is 1. The van der Waals surface area contributed by atoms with Gasteiger partial charge in [0.25, 0.3) is 0 Å². The van der Waals surface area contributed by atoms with Crippen LogP contribution in [0.5, 0.6) is 0 Å². The molecule has 10 unspecified atom stereocenters. The number of rotatable bonds is 7. The molecule has 2 rings (SSSR count). The minimum Gasteiger partial charge on any atom is -0.479 e. The average molecular weight is 480 g/mol. The Morgan fingerprint density at radius 2 is 1.64 bits per heavy atom. The second kappa shape index (κ2) is 10.9. The van der Waals surface area contributed by atoms with Crippen LogP contribution in [0.2, 0.25) is 0 Å². The van der Waals surface area contributed by atoms with E-state index in [1.165, 1.54) is 6.92 Å². The molecule has 192 valence electrons. The number of aliphatic hydroxyl groups is 4. The lowest BCUT2D eigenvalue weighted by Gasteiger charge is -2.49. The summed E-state index contributed by atoms with van der Waals surface area (Å²) in [6.07, 6.45) is -12.6. The number of nitrogens with one attached hydrogen (secondary N) is 1. The summed E-state index contributed by atoms with van der Waals surface area (Å²) < 4.78 is 22.7. The monoisotopic (exact) mass is 479 g/mol. The first-order chi connectivity index (χ1) is 15.2. The van der Waals surface area contributed by atoms with Gasteiger partial charge < -0.3 is 49.8 Å². The Labute approximate surface area is 192 Å². The van der Waals surface area contributed by atoms with Crippen LogP contribution in [-0.2, 0) is 28.5 Å². The van der Waals surface area contributed by atoms with E-state index in [2.05, 4.69) is 5.32 Å². The summed E-state index contributed by atoms with van der Waals surface area (Å²) in [5, 5.41) is 54.0. The fourth-order valence-corrected chi connectivity index (χ4v) is 4.11. The number of hydrogen-bond acceptors (Lipinski definition) is 10. The fourth-order valence-electron chi connectivity index (χ4n) is 4.11. The van der Waals surface area contributed by atoms with Crippen LogP contribution in [0.3, 0.4) is 0 Å². The number of amides is 1.